The minimum atomic E-state index is -4.67. The Labute approximate surface area is 175 Å². The molecule has 0 bridgehead atoms. The van der Waals surface area contributed by atoms with Crippen molar-refractivity contribution in [1.29, 1.82) is 0 Å². The van der Waals surface area contributed by atoms with Crippen molar-refractivity contribution >= 4 is 23.2 Å². The summed E-state index contributed by atoms with van der Waals surface area (Å²) in [6, 6.07) is 6.22. The Hall–Kier alpha value is -2.88. The van der Waals surface area contributed by atoms with Gasteiger partial charge >= 0.3 is 6.18 Å². The fourth-order valence-corrected chi connectivity index (χ4v) is 3.73. The van der Waals surface area contributed by atoms with Gasteiger partial charge in [0, 0.05) is 11.6 Å². The second-order valence-corrected chi connectivity index (χ2v) is 7.50. The van der Waals surface area contributed by atoms with Crippen LogP contribution in [0.2, 0.25) is 5.02 Å². The van der Waals surface area contributed by atoms with Crippen molar-refractivity contribution in [2.24, 2.45) is 0 Å². The van der Waals surface area contributed by atoms with E-state index in [1.807, 2.05) is 12.1 Å². The summed E-state index contributed by atoms with van der Waals surface area (Å²) >= 11 is 5.95. The van der Waals surface area contributed by atoms with Gasteiger partial charge < -0.3 is 4.90 Å². The van der Waals surface area contributed by atoms with Crippen LogP contribution >= 0.6 is 11.6 Å². The highest BCUT2D eigenvalue weighted by molar-refractivity contribution is 6.30. The van der Waals surface area contributed by atoms with Crippen LogP contribution in [0, 0.1) is 6.92 Å². The molecule has 0 fully saturated rings. The van der Waals surface area contributed by atoms with Gasteiger partial charge in [-0.3, -0.25) is 4.79 Å². The number of amides is 1. The quantitative estimate of drug-likeness (QED) is 0.620. The third-order valence-electron chi connectivity index (χ3n) is 5.05. The lowest BCUT2D eigenvalue weighted by Gasteiger charge is -2.29. The number of aromatic nitrogens is 5. The highest BCUT2D eigenvalue weighted by Gasteiger charge is 2.38. The molecule has 1 aliphatic heterocycles. The lowest BCUT2D eigenvalue weighted by molar-refractivity contribution is -0.145. The molecule has 0 aliphatic carbocycles. The lowest BCUT2D eigenvalue weighted by atomic mass is 10.1. The third-order valence-corrected chi connectivity index (χ3v) is 5.30. The molecule has 2 aromatic heterocycles. The molecule has 1 aromatic carbocycles. The van der Waals surface area contributed by atoms with E-state index >= 15 is 0 Å². The fourth-order valence-electron chi connectivity index (χ4n) is 3.60. The molecule has 1 atom stereocenters. The normalized spacial score (nSPS) is 15.2. The number of carbonyl (C=O) groups excluding carboxylic acids is 1. The van der Waals surface area contributed by atoms with Gasteiger partial charge in [0.05, 0.1) is 23.3 Å². The zero-order valence-electron chi connectivity index (χ0n) is 16.2. The fraction of sp³-hybridized carbons (Fsp3) is 0.368. The molecule has 1 aliphatic rings. The van der Waals surface area contributed by atoms with Crippen molar-refractivity contribution in [2.45, 2.75) is 38.9 Å². The smallest absolute Gasteiger partial charge is 0.307 e. The minimum Gasteiger partial charge on any atom is -0.307 e. The zero-order chi connectivity index (χ0) is 21.6. The van der Waals surface area contributed by atoms with Crippen LogP contribution in [0.5, 0.6) is 0 Å². The molecule has 3 aromatic rings. The maximum atomic E-state index is 13.2. The standard InChI is InChI=1S/C19H18ClF3N6O/c1-11(28-12(2)25-18(26-28)19(21,22)23)17(30)27-9-3-4-15-16(27)10-24-29(15)14-7-5-13(20)6-8-14/h5-8,10-11H,3-4,9H2,1-2H3. The van der Waals surface area contributed by atoms with Gasteiger partial charge in [-0.15, -0.1) is 5.10 Å². The summed E-state index contributed by atoms with van der Waals surface area (Å²) in [5.41, 5.74) is 2.31. The summed E-state index contributed by atoms with van der Waals surface area (Å²) in [6.45, 7) is 3.36. The third kappa shape index (κ3) is 3.55. The molecule has 0 saturated carbocycles. The largest absolute Gasteiger partial charge is 0.453 e. The maximum absolute atomic E-state index is 13.2. The number of aryl methyl sites for hydroxylation is 1. The summed E-state index contributed by atoms with van der Waals surface area (Å²) in [5, 5.41) is 8.53. The van der Waals surface area contributed by atoms with Gasteiger partial charge in [0.15, 0.2) is 0 Å². The summed E-state index contributed by atoms with van der Waals surface area (Å²) in [6.07, 6.45) is -1.65. The van der Waals surface area contributed by atoms with Gasteiger partial charge in [-0.1, -0.05) is 11.6 Å². The second-order valence-electron chi connectivity index (χ2n) is 7.06. The number of alkyl halides is 3. The molecule has 1 amide bonds. The molecule has 1 unspecified atom stereocenters. The van der Waals surface area contributed by atoms with Gasteiger partial charge in [0.2, 0.25) is 0 Å². The summed E-state index contributed by atoms with van der Waals surface area (Å²) in [4.78, 5) is 18.2. The van der Waals surface area contributed by atoms with Crippen LogP contribution in [0.15, 0.2) is 30.5 Å². The SMILES string of the molecule is Cc1nc(C(F)(F)F)nn1C(C)C(=O)N1CCCc2c1cnn2-c1ccc(Cl)cc1. The van der Waals surface area contributed by atoms with E-state index in [2.05, 4.69) is 15.2 Å². The minimum absolute atomic E-state index is 0.0252. The van der Waals surface area contributed by atoms with Gasteiger partial charge in [-0.25, -0.2) is 14.3 Å². The lowest BCUT2D eigenvalue weighted by Crippen LogP contribution is -2.40. The van der Waals surface area contributed by atoms with Crippen molar-refractivity contribution in [3.8, 4) is 5.69 Å². The Morgan fingerprint density at radius 1 is 1.23 bits per heavy atom. The van der Waals surface area contributed by atoms with E-state index in [0.717, 1.165) is 22.5 Å². The van der Waals surface area contributed by atoms with Crippen molar-refractivity contribution in [3.63, 3.8) is 0 Å². The van der Waals surface area contributed by atoms with Crippen molar-refractivity contribution < 1.29 is 18.0 Å². The van der Waals surface area contributed by atoms with E-state index < -0.39 is 18.0 Å². The first-order chi connectivity index (χ1) is 14.2. The van der Waals surface area contributed by atoms with Crippen molar-refractivity contribution in [1.82, 2.24) is 24.5 Å². The molecule has 7 nitrogen and oxygen atoms in total. The highest BCUT2D eigenvalue weighted by Crippen LogP contribution is 2.32. The van der Waals surface area contributed by atoms with Crippen LogP contribution in [0.1, 0.15) is 36.7 Å². The predicted octanol–water partition coefficient (Wildman–Crippen LogP) is 3.98. The van der Waals surface area contributed by atoms with Crippen LogP contribution in [0.25, 0.3) is 5.69 Å². The van der Waals surface area contributed by atoms with E-state index in [9.17, 15) is 18.0 Å². The number of hydrogen-bond donors (Lipinski definition) is 0. The Kier molecular flexibility index (Phi) is 5.05. The molecule has 3 heterocycles. The first-order valence-electron chi connectivity index (χ1n) is 9.31. The molecule has 158 valence electrons. The molecule has 0 spiro atoms. The molecule has 11 heteroatoms. The van der Waals surface area contributed by atoms with Crippen molar-refractivity contribution in [2.75, 3.05) is 11.4 Å². The van der Waals surface area contributed by atoms with Crippen LogP contribution in [0.3, 0.4) is 0 Å². The van der Waals surface area contributed by atoms with Crippen LogP contribution in [-0.4, -0.2) is 37.0 Å². The monoisotopic (exact) mass is 438 g/mol. The molecular formula is C19H18ClF3N6O. The Morgan fingerprint density at radius 2 is 1.93 bits per heavy atom. The second kappa shape index (κ2) is 7.42. The molecule has 0 radical (unpaired) electrons. The average molecular weight is 439 g/mol. The number of hydrogen-bond acceptors (Lipinski definition) is 4. The predicted molar refractivity (Wildman–Crippen MR) is 104 cm³/mol. The van der Waals surface area contributed by atoms with E-state index in [1.165, 1.54) is 13.8 Å². The summed E-state index contributed by atoms with van der Waals surface area (Å²) in [7, 11) is 0. The number of carbonyl (C=O) groups is 1. The number of fused-ring (bicyclic) bond motifs is 1. The van der Waals surface area contributed by atoms with E-state index in [4.69, 9.17) is 11.6 Å². The summed E-state index contributed by atoms with van der Waals surface area (Å²) < 4.78 is 41.6. The van der Waals surface area contributed by atoms with E-state index in [-0.39, 0.29) is 11.7 Å². The van der Waals surface area contributed by atoms with Gasteiger partial charge in [0.1, 0.15) is 11.9 Å². The Balaban J connectivity index is 1.64. The first kappa shape index (κ1) is 20.4. The van der Waals surface area contributed by atoms with Crippen molar-refractivity contribution in [3.05, 3.63) is 52.8 Å². The van der Waals surface area contributed by atoms with Crippen LogP contribution < -0.4 is 4.90 Å². The maximum Gasteiger partial charge on any atom is 0.453 e. The Bertz CT molecular complexity index is 1090. The topological polar surface area (TPSA) is 68.8 Å². The molecule has 0 saturated heterocycles. The van der Waals surface area contributed by atoms with Gasteiger partial charge in [-0.2, -0.15) is 18.3 Å². The molecule has 30 heavy (non-hydrogen) atoms. The molecule has 0 N–H and O–H groups in total. The van der Waals surface area contributed by atoms with Crippen LogP contribution in [0.4, 0.5) is 18.9 Å². The van der Waals surface area contributed by atoms with E-state index in [0.29, 0.717) is 23.7 Å². The zero-order valence-corrected chi connectivity index (χ0v) is 16.9. The Morgan fingerprint density at radius 3 is 2.57 bits per heavy atom. The number of rotatable bonds is 3. The highest BCUT2D eigenvalue weighted by atomic mass is 35.5. The molecular weight excluding hydrogens is 421 g/mol. The average Bonchev–Trinajstić information content (AvgIpc) is 3.31. The number of halogens is 4. The first-order valence-corrected chi connectivity index (χ1v) is 9.69. The summed E-state index contributed by atoms with van der Waals surface area (Å²) in [5.74, 6) is -1.60. The van der Waals surface area contributed by atoms with Crippen LogP contribution in [-0.2, 0) is 17.4 Å². The van der Waals surface area contributed by atoms with E-state index in [1.54, 1.807) is 27.9 Å². The van der Waals surface area contributed by atoms with Gasteiger partial charge in [-0.05, 0) is 51.0 Å². The number of nitrogens with zero attached hydrogens (tertiary/aromatic N) is 6. The number of benzene rings is 1. The van der Waals surface area contributed by atoms with Gasteiger partial charge in [0.25, 0.3) is 11.7 Å². The molecule has 4 rings (SSSR count). The number of anilines is 1.